The fourth-order valence-electron chi connectivity index (χ4n) is 3.07. The van der Waals surface area contributed by atoms with E-state index < -0.39 is 10.0 Å². The number of anilines is 1. The van der Waals surface area contributed by atoms with Crippen molar-refractivity contribution in [3.05, 3.63) is 53.7 Å². The third kappa shape index (κ3) is 4.11. The van der Waals surface area contributed by atoms with Crippen LogP contribution < -0.4 is 5.32 Å². The van der Waals surface area contributed by atoms with Crippen LogP contribution in [0.5, 0.6) is 0 Å². The van der Waals surface area contributed by atoms with Crippen LogP contribution in [-0.4, -0.2) is 36.7 Å². The summed E-state index contributed by atoms with van der Waals surface area (Å²) in [6.45, 7) is 2.82. The summed E-state index contributed by atoms with van der Waals surface area (Å²) in [5, 5.41) is 2.69. The molecule has 6 nitrogen and oxygen atoms in total. The van der Waals surface area contributed by atoms with Gasteiger partial charge in [0.25, 0.3) is 5.91 Å². The van der Waals surface area contributed by atoms with Crippen molar-refractivity contribution in [2.75, 3.05) is 18.4 Å². The van der Waals surface area contributed by atoms with Crippen LogP contribution >= 0.6 is 0 Å². The molecular weight excluding hydrogens is 350 g/mol. The van der Waals surface area contributed by atoms with Crippen molar-refractivity contribution in [2.45, 2.75) is 37.5 Å². The number of sulfonamides is 1. The van der Waals surface area contributed by atoms with Crippen LogP contribution in [0.1, 0.15) is 41.6 Å². The third-order valence-corrected chi connectivity index (χ3v) is 6.58. The molecule has 26 heavy (non-hydrogen) atoms. The van der Waals surface area contributed by atoms with Crippen molar-refractivity contribution in [1.29, 1.82) is 0 Å². The number of carbonyl (C=O) groups excluding carboxylic acids is 1. The Labute approximate surface area is 154 Å². The highest BCUT2D eigenvalue weighted by Gasteiger charge is 2.27. The topological polar surface area (TPSA) is 79.4 Å². The van der Waals surface area contributed by atoms with Gasteiger partial charge in [0.15, 0.2) is 0 Å². The number of hydrogen-bond acceptors (Lipinski definition) is 4. The Hall–Kier alpha value is -2.25. The second kappa shape index (κ2) is 7.97. The van der Waals surface area contributed by atoms with Gasteiger partial charge in [0.1, 0.15) is 5.82 Å². The molecule has 1 aliphatic rings. The van der Waals surface area contributed by atoms with Gasteiger partial charge in [-0.1, -0.05) is 25.0 Å². The van der Waals surface area contributed by atoms with E-state index >= 15 is 0 Å². The maximum Gasteiger partial charge on any atom is 0.256 e. The number of amides is 1. The molecule has 0 radical (unpaired) electrons. The standard InChI is InChI=1S/C19H23N3O3S/c1-15-9-10-16(19(23)21-18-8-4-5-11-20-18)14-17(15)26(24,25)22-12-6-2-3-7-13-22/h4-5,8-11,14H,2-3,6-7,12-13H2,1H3,(H,20,21,23). The van der Waals surface area contributed by atoms with E-state index in [4.69, 9.17) is 0 Å². The lowest BCUT2D eigenvalue weighted by molar-refractivity contribution is 0.102. The summed E-state index contributed by atoms with van der Waals surface area (Å²) in [5.74, 6) is 0.0472. The Bertz CT molecular complexity index is 874. The van der Waals surface area contributed by atoms with Crippen molar-refractivity contribution in [1.82, 2.24) is 9.29 Å². The second-order valence-corrected chi connectivity index (χ2v) is 8.37. The zero-order valence-electron chi connectivity index (χ0n) is 14.8. The Morgan fingerprint density at radius 1 is 1.08 bits per heavy atom. The van der Waals surface area contributed by atoms with Gasteiger partial charge in [0, 0.05) is 24.8 Å². The summed E-state index contributed by atoms with van der Waals surface area (Å²) >= 11 is 0. The minimum atomic E-state index is -3.61. The Kier molecular flexibility index (Phi) is 5.68. The first-order chi connectivity index (χ1) is 12.5. The summed E-state index contributed by atoms with van der Waals surface area (Å²) in [5.41, 5.74) is 0.943. The van der Waals surface area contributed by atoms with Gasteiger partial charge in [-0.15, -0.1) is 0 Å². The summed E-state index contributed by atoms with van der Waals surface area (Å²) < 4.78 is 27.7. The monoisotopic (exact) mass is 373 g/mol. The summed E-state index contributed by atoms with van der Waals surface area (Å²) in [7, 11) is -3.61. The average Bonchev–Trinajstić information content (AvgIpc) is 2.92. The molecule has 0 bridgehead atoms. The molecule has 1 N–H and O–H groups in total. The van der Waals surface area contributed by atoms with Crippen LogP contribution in [0.3, 0.4) is 0 Å². The van der Waals surface area contributed by atoms with Gasteiger partial charge in [0.05, 0.1) is 4.90 Å². The molecule has 3 rings (SSSR count). The number of rotatable bonds is 4. The van der Waals surface area contributed by atoms with Crippen LogP contribution in [-0.2, 0) is 10.0 Å². The maximum absolute atomic E-state index is 13.1. The molecule has 1 aromatic carbocycles. The van der Waals surface area contributed by atoms with Crippen molar-refractivity contribution in [2.24, 2.45) is 0 Å². The summed E-state index contributed by atoms with van der Waals surface area (Å²) in [6.07, 6.45) is 5.44. The first-order valence-electron chi connectivity index (χ1n) is 8.82. The fourth-order valence-corrected chi connectivity index (χ4v) is 4.83. The molecule has 1 fully saturated rings. The molecule has 0 saturated carbocycles. The smallest absolute Gasteiger partial charge is 0.256 e. The minimum Gasteiger partial charge on any atom is -0.307 e. The molecule has 0 spiro atoms. The lowest BCUT2D eigenvalue weighted by Gasteiger charge is -2.21. The molecule has 0 atom stereocenters. The van der Waals surface area contributed by atoms with Crippen LogP contribution in [0, 0.1) is 6.92 Å². The van der Waals surface area contributed by atoms with Gasteiger partial charge in [-0.2, -0.15) is 4.31 Å². The Morgan fingerprint density at radius 2 is 1.81 bits per heavy atom. The Morgan fingerprint density at radius 3 is 2.46 bits per heavy atom. The summed E-state index contributed by atoms with van der Waals surface area (Å²) in [4.78, 5) is 16.7. The molecule has 1 aliphatic heterocycles. The van der Waals surface area contributed by atoms with Crippen molar-refractivity contribution >= 4 is 21.7 Å². The number of benzene rings is 1. The van der Waals surface area contributed by atoms with E-state index in [0.29, 0.717) is 30.0 Å². The number of pyridine rings is 1. The van der Waals surface area contributed by atoms with Gasteiger partial charge >= 0.3 is 0 Å². The lowest BCUT2D eigenvalue weighted by Crippen LogP contribution is -2.32. The zero-order chi connectivity index (χ0) is 18.6. The van der Waals surface area contributed by atoms with Gasteiger partial charge in [-0.3, -0.25) is 4.79 Å². The minimum absolute atomic E-state index is 0.202. The highest BCUT2D eigenvalue weighted by Crippen LogP contribution is 2.24. The van der Waals surface area contributed by atoms with E-state index in [0.717, 1.165) is 25.7 Å². The first kappa shape index (κ1) is 18.5. The van der Waals surface area contributed by atoms with E-state index in [-0.39, 0.29) is 10.8 Å². The van der Waals surface area contributed by atoms with Crippen LogP contribution in [0.2, 0.25) is 0 Å². The SMILES string of the molecule is Cc1ccc(C(=O)Nc2ccccn2)cc1S(=O)(=O)N1CCCCCC1. The second-order valence-electron chi connectivity index (χ2n) is 6.47. The predicted octanol–water partition coefficient (Wildman–Crippen LogP) is 3.21. The van der Waals surface area contributed by atoms with Gasteiger partial charge < -0.3 is 5.32 Å². The molecular formula is C19H23N3O3S. The van der Waals surface area contributed by atoms with Gasteiger partial charge in [-0.05, 0) is 49.6 Å². The van der Waals surface area contributed by atoms with Crippen LogP contribution in [0.15, 0.2) is 47.5 Å². The molecule has 1 saturated heterocycles. The third-order valence-electron chi connectivity index (χ3n) is 4.54. The Balaban J connectivity index is 1.88. The number of nitrogens with zero attached hydrogens (tertiary/aromatic N) is 2. The predicted molar refractivity (Wildman–Crippen MR) is 101 cm³/mol. The maximum atomic E-state index is 13.1. The quantitative estimate of drug-likeness (QED) is 0.892. The molecule has 0 aliphatic carbocycles. The molecule has 1 aromatic heterocycles. The van der Waals surface area contributed by atoms with E-state index in [1.54, 1.807) is 47.8 Å². The number of carbonyl (C=O) groups is 1. The van der Waals surface area contributed by atoms with Crippen molar-refractivity contribution in [3.63, 3.8) is 0 Å². The van der Waals surface area contributed by atoms with Gasteiger partial charge in [0.2, 0.25) is 10.0 Å². The highest BCUT2D eigenvalue weighted by atomic mass is 32.2. The van der Waals surface area contributed by atoms with Crippen LogP contribution in [0.25, 0.3) is 0 Å². The van der Waals surface area contributed by atoms with E-state index in [1.165, 1.54) is 6.07 Å². The zero-order valence-corrected chi connectivity index (χ0v) is 15.6. The lowest BCUT2D eigenvalue weighted by atomic mass is 10.1. The van der Waals surface area contributed by atoms with Gasteiger partial charge in [-0.25, -0.2) is 13.4 Å². The van der Waals surface area contributed by atoms with Crippen molar-refractivity contribution < 1.29 is 13.2 Å². The van der Waals surface area contributed by atoms with E-state index in [2.05, 4.69) is 10.3 Å². The highest BCUT2D eigenvalue weighted by molar-refractivity contribution is 7.89. The normalized spacial score (nSPS) is 16.0. The fraction of sp³-hybridized carbons (Fsp3) is 0.368. The number of hydrogen-bond donors (Lipinski definition) is 1. The largest absolute Gasteiger partial charge is 0.307 e. The summed E-state index contributed by atoms with van der Waals surface area (Å²) in [6, 6.07) is 9.99. The number of aromatic nitrogens is 1. The van der Waals surface area contributed by atoms with E-state index in [1.807, 2.05) is 0 Å². The van der Waals surface area contributed by atoms with E-state index in [9.17, 15) is 13.2 Å². The molecule has 2 aromatic rings. The first-order valence-corrected chi connectivity index (χ1v) is 10.3. The molecule has 7 heteroatoms. The number of nitrogens with one attached hydrogen (secondary N) is 1. The molecule has 1 amide bonds. The number of aryl methyl sites for hydroxylation is 1. The average molecular weight is 373 g/mol. The molecule has 2 heterocycles. The van der Waals surface area contributed by atoms with Crippen LogP contribution in [0.4, 0.5) is 5.82 Å². The molecule has 0 unspecified atom stereocenters. The van der Waals surface area contributed by atoms with Crippen molar-refractivity contribution in [3.8, 4) is 0 Å². The molecule has 138 valence electrons.